The molecule has 0 aliphatic carbocycles. The van der Waals surface area contributed by atoms with Gasteiger partial charge in [-0.25, -0.2) is 9.59 Å². The Morgan fingerprint density at radius 3 is 2.71 bits per heavy atom. The lowest BCUT2D eigenvalue weighted by Crippen LogP contribution is -2.48. The van der Waals surface area contributed by atoms with E-state index in [0.717, 1.165) is 12.8 Å². The van der Waals surface area contributed by atoms with Gasteiger partial charge in [-0.2, -0.15) is 0 Å². The van der Waals surface area contributed by atoms with Crippen molar-refractivity contribution in [3.8, 4) is 0 Å². The van der Waals surface area contributed by atoms with E-state index in [1.54, 1.807) is 0 Å². The van der Waals surface area contributed by atoms with Crippen LogP contribution in [0.2, 0.25) is 0 Å². The molecule has 0 aromatic heterocycles. The standard InChI is InChI=1S/C11H20N2O4/c1-3-4-7(2)12-11(17)13-6-8(14)5-9(13)10(15)16/h7-9,14H,3-6H2,1-2H3,(H,12,17)(H,15,16)/t7?,8?,9-/m0/s1. The van der Waals surface area contributed by atoms with E-state index >= 15 is 0 Å². The summed E-state index contributed by atoms with van der Waals surface area (Å²) in [4.78, 5) is 24.0. The second-order valence-corrected chi connectivity index (χ2v) is 4.54. The Bertz CT molecular complexity index is 295. The number of rotatable bonds is 4. The van der Waals surface area contributed by atoms with Crippen LogP contribution in [0, 0.1) is 0 Å². The van der Waals surface area contributed by atoms with Crippen LogP contribution in [0.3, 0.4) is 0 Å². The Labute approximate surface area is 101 Å². The van der Waals surface area contributed by atoms with Crippen LogP contribution >= 0.6 is 0 Å². The topological polar surface area (TPSA) is 89.9 Å². The van der Waals surface area contributed by atoms with Crippen LogP contribution in [0.15, 0.2) is 0 Å². The summed E-state index contributed by atoms with van der Waals surface area (Å²) in [7, 11) is 0. The Balaban J connectivity index is 2.58. The van der Waals surface area contributed by atoms with Crippen molar-refractivity contribution in [3.05, 3.63) is 0 Å². The van der Waals surface area contributed by atoms with Crippen molar-refractivity contribution < 1.29 is 19.8 Å². The van der Waals surface area contributed by atoms with E-state index in [4.69, 9.17) is 5.11 Å². The lowest BCUT2D eigenvalue weighted by molar-refractivity contribution is -0.141. The van der Waals surface area contributed by atoms with Gasteiger partial charge in [-0.1, -0.05) is 13.3 Å². The highest BCUT2D eigenvalue weighted by atomic mass is 16.4. The first kappa shape index (κ1) is 13.8. The number of aliphatic carboxylic acids is 1. The minimum Gasteiger partial charge on any atom is -0.480 e. The van der Waals surface area contributed by atoms with Crippen LogP contribution in [0.5, 0.6) is 0 Å². The fourth-order valence-corrected chi connectivity index (χ4v) is 2.07. The Hall–Kier alpha value is -1.30. The number of carboxylic acids is 1. The van der Waals surface area contributed by atoms with Gasteiger partial charge in [0.15, 0.2) is 0 Å². The van der Waals surface area contributed by atoms with E-state index in [1.165, 1.54) is 4.90 Å². The largest absolute Gasteiger partial charge is 0.480 e. The molecule has 0 spiro atoms. The fourth-order valence-electron chi connectivity index (χ4n) is 2.07. The van der Waals surface area contributed by atoms with E-state index in [9.17, 15) is 14.7 Å². The molecular formula is C11H20N2O4. The molecule has 2 unspecified atom stereocenters. The molecule has 0 saturated carbocycles. The van der Waals surface area contributed by atoms with Crippen LogP contribution in [0.4, 0.5) is 4.79 Å². The summed E-state index contributed by atoms with van der Waals surface area (Å²) in [5.41, 5.74) is 0. The highest BCUT2D eigenvalue weighted by Gasteiger charge is 2.39. The van der Waals surface area contributed by atoms with Crippen LogP contribution in [-0.2, 0) is 4.79 Å². The molecule has 0 bridgehead atoms. The van der Waals surface area contributed by atoms with Gasteiger partial charge in [-0.3, -0.25) is 0 Å². The van der Waals surface area contributed by atoms with Crippen LogP contribution in [0.25, 0.3) is 0 Å². The Morgan fingerprint density at radius 2 is 2.18 bits per heavy atom. The van der Waals surface area contributed by atoms with Crippen molar-refractivity contribution in [1.82, 2.24) is 10.2 Å². The third-order valence-electron chi connectivity index (χ3n) is 2.92. The highest BCUT2D eigenvalue weighted by molar-refractivity contribution is 5.83. The van der Waals surface area contributed by atoms with Gasteiger partial charge < -0.3 is 20.4 Å². The number of carbonyl (C=O) groups excluding carboxylic acids is 1. The molecule has 1 heterocycles. The minimum atomic E-state index is -1.07. The average molecular weight is 244 g/mol. The number of aliphatic hydroxyl groups is 1. The van der Waals surface area contributed by atoms with E-state index in [2.05, 4.69) is 5.32 Å². The summed E-state index contributed by atoms with van der Waals surface area (Å²) in [5, 5.41) is 21.1. The van der Waals surface area contributed by atoms with E-state index < -0.39 is 24.1 Å². The maximum Gasteiger partial charge on any atom is 0.326 e. The second-order valence-electron chi connectivity index (χ2n) is 4.54. The van der Waals surface area contributed by atoms with Gasteiger partial charge in [0.05, 0.1) is 6.10 Å². The van der Waals surface area contributed by atoms with Gasteiger partial charge >= 0.3 is 12.0 Å². The highest BCUT2D eigenvalue weighted by Crippen LogP contribution is 2.18. The molecule has 0 radical (unpaired) electrons. The predicted octanol–water partition coefficient (Wildman–Crippen LogP) is 0.404. The Morgan fingerprint density at radius 1 is 1.53 bits per heavy atom. The molecule has 6 heteroatoms. The first-order valence-electron chi connectivity index (χ1n) is 5.93. The third kappa shape index (κ3) is 3.59. The summed E-state index contributed by atoms with van der Waals surface area (Å²) >= 11 is 0. The molecule has 1 aliphatic heterocycles. The first-order chi connectivity index (χ1) is 7.95. The van der Waals surface area contributed by atoms with Gasteiger partial charge in [-0.15, -0.1) is 0 Å². The molecule has 0 aromatic carbocycles. The van der Waals surface area contributed by atoms with Crippen molar-refractivity contribution in [2.45, 2.75) is 51.3 Å². The van der Waals surface area contributed by atoms with Gasteiger partial charge in [0.2, 0.25) is 0 Å². The first-order valence-corrected chi connectivity index (χ1v) is 5.93. The summed E-state index contributed by atoms with van der Waals surface area (Å²) in [6.45, 7) is 3.98. The number of carboxylic acid groups (broad SMARTS) is 1. The number of hydrogen-bond donors (Lipinski definition) is 3. The molecular weight excluding hydrogens is 224 g/mol. The average Bonchev–Trinajstić information content (AvgIpc) is 2.60. The van der Waals surface area contributed by atoms with Gasteiger partial charge in [-0.05, 0) is 13.3 Å². The van der Waals surface area contributed by atoms with Crippen molar-refractivity contribution in [1.29, 1.82) is 0 Å². The number of nitrogens with one attached hydrogen (secondary N) is 1. The maximum absolute atomic E-state index is 11.8. The zero-order valence-electron chi connectivity index (χ0n) is 10.2. The summed E-state index contributed by atoms with van der Waals surface area (Å²) in [6.07, 6.45) is 1.15. The van der Waals surface area contributed by atoms with Crippen LogP contribution in [-0.4, -0.2) is 51.8 Å². The molecule has 2 amide bonds. The SMILES string of the molecule is CCCC(C)NC(=O)N1CC(O)C[C@H]1C(=O)O. The smallest absolute Gasteiger partial charge is 0.326 e. The number of nitrogens with zero attached hydrogens (tertiary/aromatic N) is 1. The fraction of sp³-hybridized carbons (Fsp3) is 0.818. The molecule has 0 aromatic rings. The normalized spacial score (nSPS) is 25.7. The molecule has 6 nitrogen and oxygen atoms in total. The second kappa shape index (κ2) is 5.86. The maximum atomic E-state index is 11.8. The van der Waals surface area contributed by atoms with Crippen molar-refractivity contribution in [2.75, 3.05) is 6.54 Å². The van der Waals surface area contributed by atoms with Gasteiger partial charge in [0, 0.05) is 19.0 Å². The van der Waals surface area contributed by atoms with Gasteiger partial charge in [0.25, 0.3) is 0 Å². The van der Waals surface area contributed by atoms with Crippen molar-refractivity contribution >= 4 is 12.0 Å². The predicted molar refractivity (Wildman–Crippen MR) is 61.7 cm³/mol. The number of amides is 2. The third-order valence-corrected chi connectivity index (χ3v) is 2.92. The zero-order valence-corrected chi connectivity index (χ0v) is 10.2. The minimum absolute atomic E-state index is 0.0136. The molecule has 1 rings (SSSR count). The van der Waals surface area contributed by atoms with Crippen LogP contribution in [0.1, 0.15) is 33.1 Å². The van der Waals surface area contributed by atoms with E-state index in [-0.39, 0.29) is 19.0 Å². The molecule has 98 valence electrons. The summed E-state index contributed by atoms with van der Waals surface area (Å²) < 4.78 is 0. The number of hydrogen-bond acceptors (Lipinski definition) is 3. The zero-order chi connectivity index (χ0) is 13.0. The number of likely N-dealkylation sites (tertiary alicyclic amines) is 1. The quantitative estimate of drug-likeness (QED) is 0.668. The van der Waals surface area contributed by atoms with E-state index in [0.29, 0.717) is 0 Å². The molecule has 3 N–H and O–H groups in total. The number of β-amino-alcohol motifs (C(OH)–C–C–N with tert-alkyl or cyclic N) is 1. The van der Waals surface area contributed by atoms with E-state index in [1.807, 2.05) is 13.8 Å². The monoisotopic (exact) mass is 244 g/mol. The number of carbonyl (C=O) groups is 2. The Kier molecular flexibility index (Phi) is 4.74. The molecule has 3 atom stereocenters. The van der Waals surface area contributed by atoms with Gasteiger partial charge in [0.1, 0.15) is 6.04 Å². The van der Waals surface area contributed by atoms with Crippen molar-refractivity contribution in [2.24, 2.45) is 0 Å². The molecule has 1 fully saturated rings. The summed E-state index contributed by atoms with van der Waals surface area (Å²) in [5.74, 6) is -1.07. The summed E-state index contributed by atoms with van der Waals surface area (Å²) in [6, 6.07) is -1.31. The lowest BCUT2D eigenvalue weighted by Gasteiger charge is -2.24. The molecule has 17 heavy (non-hydrogen) atoms. The number of urea groups is 1. The van der Waals surface area contributed by atoms with Crippen molar-refractivity contribution in [3.63, 3.8) is 0 Å². The number of aliphatic hydroxyl groups excluding tert-OH is 1. The molecule has 1 saturated heterocycles. The molecule has 1 aliphatic rings. The van der Waals surface area contributed by atoms with Crippen LogP contribution < -0.4 is 5.32 Å². The lowest BCUT2D eigenvalue weighted by atomic mass is 10.2.